The number of likely N-dealkylation sites (N-methyl/N-ethyl adjacent to an activating group) is 1. The number of allylic oxidation sites excluding steroid dienone is 1. The van der Waals surface area contributed by atoms with E-state index in [4.69, 9.17) is 10.8 Å². The minimum atomic E-state index is -2.75. The molecule has 0 bridgehead atoms. The molecule has 0 aliphatic heterocycles. The maximum Gasteiger partial charge on any atom is 0.320 e. The van der Waals surface area contributed by atoms with Crippen LogP contribution in [0.15, 0.2) is 34.8 Å². The van der Waals surface area contributed by atoms with Crippen LogP contribution < -0.4 is 16.4 Å². The number of carboxylic acids is 1. The number of aliphatic hydroxyl groups is 3. The molecule has 0 fully saturated rings. The number of rotatable bonds is 7. The molecular weight excluding hydrogens is 528 g/mol. The molecule has 214 valence electrons. The Morgan fingerprint density at radius 2 is 1.82 bits per heavy atom. The number of fused-ring (bicyclic) bond motifs is 3. The number of anilines is 1. The third-order valence-electron chi connectivity index (χ3n) is 7.81. The minimum absolute atomic E-state index is 0.0432. The summed E-state index contributed by atoms with van der Waals surface area (Å²) in [6.07, 6.45) is 0.0620. The van der Waals surface area contributed by atoms with Crippen molar-refractivity contribution in [3.05, 3.63) is 45.9 Å². The number of benzene rings is 1. The van der Waals surface area contributed by atoms with Crippen LogP contribution in [0.5, 0.6) is 5.75 Å². The van der Waals surface area contributed by atoms with Crippen molar-refractivity contribution in [2.45, 2.75) is 37.5 Å². The Balaban J connectivity index is 1.75. The lowest BCUT2D eigenvalue weighted by Crippen LogP contribution is -2.63. The number of nitrogens with zero attached hydrogens (tertiary/aromatic N) is 1. The molecule has 14 nitrogen and oxygen atoms in total. The molecule has 4 rings (SSSR count). The van der Waals surface area contributed by atoms with Crippen LogP contribution in [-0.2, 0) is 25.6 Å². The molecule has 1 aromatic rings. The molecule has 0 heterocycles. The standard InChI is InChI=1S/C26H30N4O10/c1-9(25(38)39)28-8-14(31)29-13-5-4-10-6-11-7-12-18(30(2)3)21(34)17(24(27)37)23(36)26(12,40)22(35)16(11)20(33)15(10)19(13)32/h4-5,9,11-12,18,28,32,34-35,40H,6-8H2,1-3H3,(H2,27,37)(H,29,31)(H,38,39)/t9?,11?,12?,18-,26-/m0/s1. The lowest BCUT2D eigenvalue weighted by Gasteiger charge is -2.50. The summed E-state index contributed by atoms with van der Waals surface area (Å²) in [7, 11) is 3.08. The van der Waals surface area contributed by atoms with Crippen molar-refractivity contribution >= 4 is 35.0 Å². The van der Waals surface area contributed by atoms with Gasteiger partial charge in [0.05, 0.1) is 23.8 Å². The number of phenols is 1. The number of amides is 2. The summed E-state index contributed by atoms with van der Waals surface area (Å²) in [4.78, 5) is 63.7. The van der Waals surface area contributed by atoms with Crippen LogP contribution in [0.1, 0.15) is 29.3 Å². The van der Waals surface area contributed by atoms with Crippen molar-refractivity contribution in [1.29, 1.82) is 0 Å². The largest absolute Gasteiger partial charge is 0.510 e. The molecule has 2 amide bonds. The van der Waals surface area contributed by atoms with Gasteiger partial charge in [-0.05, 0) is 51.4 Å². The Kier molecular flexibility index (Phi) is 7.21. The van der Waals surface area contributed by atoms with Gasteiger partial charge in [0.1, 0.15) is 23.1 Å². The van der Waals surface area contributed by atoms with Crippen LogP contribution in [0.25, 0.3) is 0 Å². The van der Waals surface area contributed by atoms with E-state index >= 15 is 0 Å². The van der Waals surface area contributed by atoms with Crippen LogP contribution in [0, 0.1) is 11.8 Å². The van der Waals surface area contributed by atoms with Gasteiger partial charge in [-0.15, -0.1) is 0 Å². The smallest absolute Gasteiger partial charge is 0.320 e. The monoisotopic (exact) mass is 558 g/mol. The van der Waals surface area contributed by atoms with Crippen LogP contribution in [0.4, 0.5) is 5.69 Å². The fourth-order valence-electron chi connectivity index (χ4n) is 5.85. The number of carbonyl (C=O) groups is 5. The number of aliphatic carboxylic acids is 1. The van der Waals surface area contributed by atoms with Crippen molar-refractivity contribution in [3.8, 4) is 5.75 Å². The van der Waals surface area contributed by atoms with Gasteiger partial charge in [-0.25, -0.2) is 0 Å². The van der Waals surface area contributed by atoms with Gasteiger partial charge >= 0.3 is 5.97 Å². The number of hydrogen-bond acceptors (Lipinski definition) is 11. The summed E-state index contributed by atoms with van der Waals surface area (Å²) in [5.74, 6) is -9.52. The Labute approximate surface area is 227 Å². The van der Waals surface area contributed by atoms with E-state index in [1.807, 2.05) is 0 Å². The van der Waals surface area contributed by atoms with Gasteiger partial charge in [0, 0.05) is 11.5 Å². The van der Waals surface area contributed by atoms with Gasteiger partial charge in [-0.3, -0.25) is 34.2 Å². The van der Waals surface area contributed by atoms with E-state index in [0.717, 1.165) is 0 Å². The Morgan fingerprint density at radius 1 is 1.18 bits per heavy atom. The first-order valence-electron chi connectivity index (χ1n) is 12.4. The molecular formula is C26H30N4O10. The van der Waals surface area contributed by atoms with Gasteiger partial charge in [0.15, 0.2) is 17.1 Å². The Bertz CT molecular complexity index is 1410. The van der Waals surface area contributed by atoms with Crippen molar-refractivity contribution < 1.29 is 49.5 Å². The minimum Gasteiger partial charge on any atom is -0.510 e. The average molecular weight is 559 g/mol. The molecule has 3 unspecified atom stereocenters. The number of aromatic hydroxyl groups is 1. The number of Topliss-reactive ketones (excluding diaryl/α,β-unsaturated/α-hetero) is 2. The number of hydrogen-bond donors (Lipinski definition) is 8. The number of carbonyl (C=O) groups excluding carboxylic acids is 4. The van der Waals surface area contributed by atoms with E-state index in [2.05, 4.69) is 10.6 Å². The van der Waals surface area contributed by atoms with Crippen LogP contribution in [0.2, 0.25) is 0 Å². The normalized spacial score (nSPS) is 26.7. The highest BCUT2D eigenvalue weighted by molar-refractivity contribution is 6.25. The van der Waals surface area contributed by atoms with Gasteiger partial charge in [0.2, 0.25) is 11.7 Å². The highest BCUT2D eigenvalue weighted by atomic mass is 16.4. The molecule has 3 aliphatic carbocycles. The first-order valence-corrected chi connectivity index (χ1v) is 12.4. The zero-order valence-electron chi connectivity index (χ0n) is 21.9. The molecule has 5 atom stereocenters. The second-order valence-electron chi connectivity index (χ2n) is 10.4. The SMILES string of the molecule is CC(NCC(=O)Nc1ccc2c(c1O)C(=O)C1=C(O)[C@]3(O)C(=O)C(C(N)=O)=C(O)[C@@H](N(C)C)C3CC1C2)C(=O)O. The summed E-state index contributed by atoms with van der Waals surface area (Å²) in [5, 5.41) is 58.4. The van der Waals surface area contributed by atoms with Crippen molar-refractivity contribution in [1.82, 2.24) is 10.2 Å². The first-order chi connectivity index (χ1) is 18.6. The van der Waals surface area contributed by atoms with Crippen LogP contribution in [-0.4, -0.2) is 98.1 Å². The molecule has 0 spiro atoms. The van der Waals surface area contributed by atoms with Crippen molar-refractivity contribution in [3.63, 3.8) is 0 Å². The molecule has 40 heavy (non-hydrogen) atoms. The van der Waals surface area contributed by atoms with Crippen molar-refractivity contribution in [2.75, 3.05) is 26.0 Å². The summed E-state index contributed by atoms with van der Waals surface area (Å²) in [5.41, 5.74) is 1.31. The van der Waals surface area contributed by atoms with Crippen LogP contribution in [0.3, 0.4) is 0 Å². The molecule has 1 aromatic carbocycles. The van der Waals surface area contributed by atoms with Gasteiger partial charge in [-0.2, -0.15) is 0 Å². The van der Waals surface area contributed by atoms with Crippen LogP contribution >= 0.6 is 0 Å². The van der Waals surface area contributed by atoms with Gasteiger partial charge in [0.25, 0.3) is 5.91 Å². The van der Waals surface area contributed by atoms with E-state index in [-0.39, 0.29) is 29.7 Å². The fourth-order valence-corrected chi connectivity index (χ4v) is 5.85. The number of primary amides is 1. The number of aliphatic hydroxyl groups excluding tert-OH is 2. The maximum atomic E-state index is 13.7. The van der Waals surface area contributed by atoms with Crippen molar-refractivity contribution in [2.24, 2.45) is 17.6 Å². The second kappa shape index (κ2) is 10.0. The molecule has 14 heteroatoms. The zero-order valence-corrected chi connectivity index (χ0v) is 21.9. The van der Waals surface area contributed by atoms with E-state index in [9.17, 15) is 44.4 Å². The third kappa shape index (κ3) is 4.29. The van der Waals surface area contributed by atoms with Gasteiger partial charge in [-0.1, -0.05) is 6.07 Å². The number of ketones is 2. The number of nitrogens with one attached hydrogen (secondary N) is 2. The van der Waals surface area contributed by atoms with E-state index in [0.29, 0.717) is 5.56 Å². The molecule has 9 N–H and O–H groups in total. The summed E-state index contributed by atoms with van der Waals surface area (Å²) >= 11 is 0. The number of phenolic OH excluding ortho intramolecular Hbond substituents is 1. The molecule has 0 radical (unpaired) electrons. The number of nitrogens with two attached hydrogens (primary N) is 1. The van der Waals surface area contributed by atoms with E-state index in [1.165, 1.54) is 24.0 Å². The highest BCUT2D eigenvalue weighted by Gasteiger charge is 2.63. The van der Waals surface area contributed by atoms with E-state index in [1.54, 1.807) is 14.1 Å². The summed E-state index contributed by atoms with van der Waals surface area (Å²) < 4.78 is 0. The van der Waals surface area contributed by atoms with E-state index < -0.39 is 88.3 Å². The average Bonchev–Trinajstić information content (AvgIpc) is 2.85. The number of carboxylic acid groups (broad SMARTS) is 1. The Hall–Kier alpha value is -4.27. The second-order valence-corrected chi connectivity index (χ2v) is 10.4. The zero-order chi connectivity index (χ0) is 29.8. The quantitative estimate of drug-likeness (QED) is 0.150. The fraction of sp³-hybridized carbons (Fsp3) is 0.423. The topological polar surface area (TPSA) is 240 Å². The lowest BCUT2D eigenvalue weighted by atomic mass is 9.58. The summed E-state index contributed by atoms with van der Waals surface area (Å²) in [6, 6.07) is 0.768. The Morgan fingerprint density at radius 3 is 2.40 bits per heavy atom. The predicted molar refractivity (Wildman–Crippen MR) is 137 cm³/mol. The molecule has 0 saturated carbocycles. The molecule has 0 saturated heterocycles. The highest BCUT2D eigenvalue weighted by Crippen LogP contribution is 2.52. The molecule has 3 aliphatic rings. The maximum absolute atomic E-state index is 13.7. The lowest BCUT2D eigenvalue weighted by molar-refractivity contribution is -0.148. The van der Waals surface area contributed by atoms with Gasteiger partial charge < -0.3 is 36.6 Å². The molecule has 0 aromatic heterocycles. The third-order valence-corrected chi connectivity index (χ3v) is 7.81. The predicted octanol–water partition coefficient (Wildman–Crippen LogP) is -0.878. The summed E-state index contributed by atoms with van der Waals surface area (Å²) in [6.45, 7) is 0.934. The first kappa shape index (κ1) is 28.7.